The minimum Gasteiger partial charge on any atom is -0.497 e. The summed E-state index contributed by atoms with van der Waals surface area (Å²) in [5.74, 6) is 0.849. The van der Waals surface area contributed by atoms with Crippen LogP contribution < -0.4 is 10.1 Å². The molecule has 0 saturated carbocycles. The van der Waals surface area contributed by atoms with Gasteiger partial charge in [-0.05, 0) is 31.2 Å². The van der Waals surface area contributed by atoms with Gasteiger partial charge in [-0.1, -0.05) is 0 Å². The van der Waals surface area contributed by atoms with Crippen molar-refractivity contribution in [2.45, 2.75) is 20.0 Å². The second-order valence-corrected chi connectivity index (χ2v) is 5.93. The fourth-order valence-electron chi connectivity index (χ4n) is 2.24. The van der Waals surface area contributed by atoms with Crippen molar-refractivity contribution in [3.63, 3.8) is 0 Å². The van der Waals surface area contributed by atoms with Gasteiger partial charge in [0.25, 0.3) is 0 Å². The maximum atomic E-state index is 5.19. The first kappa shape index (κ1) is 14.7. The molecule has 0 aliphatic rings. The molecule has 3 aromatic rings. The molecule has 6 heteroatoms. The van der Waals surface area contributed by atoms with Crippen molar-refractivity contribution in [2.24, 2.45) is 0 Å². The van der Waals surface area contributed by atoms with Crippen LogP contribution in [0.5, 0.6) is 5.75 Å². The van der Waals surface area contributed by atoms with Crippen molar-refractivity contribution in [1.29, 1.82) is 0 Å². The number of methoxy groups -OCH3 is 1. The number of hydrogen-bond donors (Lipinski definition) is 2. The molecule has 0 aliphatic carbocycles. The zero-order valence-corrected chi connectivity index (χ0v) is 13.4. The third kappa shape index (κ3) is 3.35. The first-order chi connectivity index (χ1) is 10.8. The molecular formula is C16H18N4OS. The topological polar surface area (TPSA) is 62.8 Å². The van der Waals surface area contributed by atoms with Gasteiger partial charge in [0.05, 0.1) is 19.0 Å². The summed E-state index contributed by atoms with van der Waals surface area (Å²) in [6.45, 7) is 3.53. The lowest BCUT2D eigenvalue weighted by molar-refractivity contribution is 0.415. The third-order valence-corrected chi connectivity index (χ3v) is 4.32. The van der Waals surface area contributed by atoms with Gasteiger partial charge in [0, 0.05) is 35.3 Å². The van der Waals surface area contributed by atoms with Gasteiger partial charge in [-0.15, -0.1) is 11.3 Å². The van der Waals surface area contributed by atoms with Crippen LogP contribution in [0.25, 0.3) is 11.3 Å². The summed E-state index contributed by atoms with van der Waals surface area (Å²) in [5, 5.41) is 13.8. The second kappa shape index (κ2) is 6.72. The number of nitrogens with one attached hydrogen (secondary N) is 2. The largest absolute Gasteiger partial charge is 0.497 e. The SMILES string of the molecule is COc1ccc(-c2[nH]ncc2CNCc2nc(C)cs2)cc1. The lowest BCUT2D eigenvalue weighted by Crippen LogP contribution is -2.12. The molecule has 0 aliphatic heterocycles. The Morgan fingerprint density at radius 1 is 1.23 bits per heavy atom. The zero-order valence-electron chi connectivity index (χ0n) is 12.6. The summed E-state index contributed by atoms with van der Waals surface area (Å²) in [6.07, 6.45) is 1.86. The van der Waals surface area contributed by atoms with E-state index in [4.69, 9.17) is 4.74 Å². The van der Waals surface area contributed by atoms with E-state index in [9.17, 15) is 0 Å². The normalized spacial score (nSPS) is 10.8. The van der Waals surface area contributed by atoms with Crippen molar-refractivity contribution < 1.29 is 4.74 Å². The van der Waals surface area contributed by atoms with Crippen LogP contribution in [0.15, 0.2) is 35.8 Å². The Bertz CT molecular complexity index is 733. The Morgan fingerprint density at radius 3 is 2.73 bits per heavy atom. The van der Waals surface area contributed by atoms with Crippen LogP contribution >= 0.6 is 11.3 Å². The number of nitrogens with zero attached hydrogens (tertiary/aromatic N) is 2. The van der Waals surface area contributed by atoms with Gasteiger partial charge in [0.15, 0.2) is 0 Å². The molecule has 2 heterocycles. The van der Waals surface area contributed by atoms with Crippen molar-refractivity contribution >= 4 is 11.3 Å². The Labute approximate surface area is 133 Å². The molecule has 0 unspecified atom stereocenters. The summed E-state index contributed by atoms with van der Waals surface area (Å²) in [7, 11) is 1.67. The summed E-state index contributed by atoms with van der Waals surface area (Å²) in [4.78, 5) is 4.45. The predicted molar refractivity (Wildman–Crippen MR) is 88.0 cm³/mol. The van der Waals surface area contributed by atoms with Crippen LogP contribution in [0.4, 0.5) is 0 Å². The van der Waals surface area contributed by atoms with E-state index in [0.717, 1.165) is 46.4 Å². The van der Waals surface area contributed by atoms with Crippen LogP contribution in [0.1, 0.15) is 16.3 Å². The van der Waals surface area contributed by atoms with Crippen molar-refractivity contribution in [1.82, 2.24) is 20.5 Å². The van der Waals surface area contributed by atoms with E-state index in [1.807, 2.05) is 37.4 Å². The van der Waals surface area contributed by atoms with E-state index in [2.05, 4.69) is 25.9 Å². The highest BCUT2D eigenvalue weighted by Gasteiger charge is 2.08. The maximum absolute atomic E-state index is 5.19. The Kier molecular flexibility index (Phi) is 4.50. The molecule has 0 saturated heterocycles. The second-order valence-electron chi connectivity index (χ2n) is 4.98. The van der Waals surface area contributed by atoms with Crippen molar-refractivity contribution in [3.05, 3.63) is 52.1 Å². The van der Waals surface area contributed by atoms with Gasteiger partial charge < -0.3 is 10.1 Å². The quantitative estimate of drug-likeness (QED) is 0.734. The van der Waals surface area contributed by atoms with E-state index in [0.29, 0.717) is 0 Å². The van der Waals surface area contributed by atoms with Gasteiger partial charge in [-0.2, -0.15) is 5.10 Å². The molecule has 0 atom stereocenters. The molecule has 0 fully saturated rings. The first-order valence-corrected chi connectivity index (χ1v) is 7.92. The van der Waals surface area contributed by atoms with Gasteiger partial charge in [-0.3, -0.25) is 5.10 Å². The van der Waals surface area contributed by atoms with Gasteiger partial charge in [0.2, 0.25) is 0 Å². The summed E-state index contributed by atoms with van der Waals surface area (Å²) < 4.78 is 5.19. The van der Waals surface area contributed by atoms with Gasteiger partial charge in [-0.25, -0.2) is 4.98 Å². The summed E-state index contributed by atoms with van der Waals surface area (Å²) in [6, 6.07) is 7.96. The number of ether oxygens (including phenoxy) is 1. The maximum Gasteiger partial charge on any atom is 0.118 e. The van der Waals surface area contributed by atoms with E-state index in [1.54, 1.807) is 18.4 Å². The van der Waals surface area contributed by atoms with Crippen LogP contribution in [-0.2, 0) is 13.1 Å². The molecule has 0 spiro atoms. The van der Waals surface area contributed by atoms with Gasteiger partial charge >= 0.3 is 0 Å². The summed E-state index contributed by atoms with van der Waals surface area (Å²) >= 11 is 1.68. The number of H-pyrrole nitrogens is 1. The highest BCUT2D eigenvalue weighted by molar-refractivity contribution is 7.09. The first-order valence-electron chi connectivity index (χ1n) is 7.04. The molecular weight excluding hydrogens is 296 g/mol. The van der Waals surface area contributed by atoms with E-state index >= 15 is 0 Å². The van der Waals surface area contributed by atoms with Gasteiger partial charge in [0.1, 0.15) is 10.8 Å². The summed E-state index contributed by atoms with van der Waals surface area (Å²) in [5.41, 5.74) is 4.34. The average Bonchev–Trinajstić information content (AvgIpc) is 3.17. The highest BCUT2D eigenvalue weighted by atomic mass is 32.1. The number of aromatic nitrogens is 3. The van der Waals surface area contributed by atoms with Crippen molar-refractivity contribution in [3.8, 4) is 17.0 Å². The molecule has 22 heavy (non-hydrogen) atoms. The molecule has 2 N–H and O–H groups in total. The predicted octanol–water partition coefficient (Wildman–Crippen LogP) is 3.14. The van der Waals surface area contributed by atoms with E-state index in [-0.39, 0.29) is 0 Å². The Hall–Kier alpha value is -2.18. The number of aromatic amines is 1. The number of thiazole rings is 1. The lowest BCUT2D eigenvalue weighted by atomic mass is 10.1. The fraction of sp³-hybridized carbons (Fsp3) is 0.250. The molecule has 0 radical (unpaired) electrons. The number of rotatable bonds is 6. The molecule has 2 aromatic heterocycles. The third-order valence-electron chi connectivity index (χ3n) is 3.35. The molecule has 114 valence electrons. The molecule has 0 bridgehead atoms. The highest BCUT2D eigenvalue weighted by Crippen LogP contribution is 2.23. The molecule has 3 rings (SSSR count). The minimum atomic E-state index is 0.747. The molecule has 1 aromatic carbocycles. The average molecular weight is 314 g/mol. The number of aryl methyl sites for hydroxylation is 1. The van der Waals surface area contributed by atoms with E-state index in [1.165, 1.54) is 0 Å². The van der Waals surface area contributed by atoms with Crippen LogP contribution in [0, 0.1) is 6.92 Å². The number of benzene rings is 1. The minimum absolute atomic E-state index is 0.747. The monoisotopic (exact) mass is 314 g/mol. The Morgan fingerprint density at radius 2 is 2.05 bits per heavy atom. The Balaban J connectivity index is 1.66. The van der Waals surface area contributed by atoms with E-state index < -0.39 is 0 Å². The molecule has 0 amide bonds. The standard InChI is InChI=1S/C16H18N4OS/c1-11-10-22-15(19-11)9-17-7-13-8-18-20-16(13)12-3-5-14(21-2)6-4-12/h3-6,8,10,17H,7,9H2,1-2H3,(H,18,20). The molecule has 5 nitrogen and oxygen atoms in total. The fourth-order valence-corrected chi connectivity index (χ4v) is 2.98. The van der Waals surface area contributed by atoms with Crippen LogP contribution in [0.2, 0.25) is 0 Å². The zero-order chi connectivity index (χ0) is 15.4. The lowest BCUT2D eigenvalue weighted by Gasteiger charge is -2.06. The smallest absolute Gasteiger partial charge is 0.118 e. The van der Waals surface area contributed by atoms with Crippen molar-refractivity contribution in [2.75, 3.05) is 7.11 Å². The number of hydrogen-bond acceptors (Lipinski definition) is 5. The van der Waals surface area contributed by atoms with Crippen LogP contribution in [-0.4, -0.2) is 22.3 Å². The van der Waals surface area contributed by atoms with Crippen LogP contribution in [0.3, 0.4) is 0 Å².